The van der Waals surface area contributed by atoms with Crippen LogP contribution in [0.1, 0.15) is 52.0 Å². The van der Waals surface area contributed by atoms with E-state index in [4.69, 9.17) is 14.3 Å². The Kier molecular flexibility index (Phi) is 11.7. The maximum atomic E-state index is 13.3. The van der Waals surface area contributed by atoms with Crippen LogP contribution in [0.25, 0.3) is 0 Å². The van der Waals surface area contributed by atoms with Crippen molar-refractivity contribution >= 4 is 26.1 Å². The van der Waals surface area contributed by atoms with Gasteiger partial charge in [0, 0.05) is 6.07 Å². The van der Waals surface area contributed by atoms with E-state index >= 15 is 0 Å². The predicted molar refractivity (Wildman–Crippen MR) is 136 cm³/mol. The zero-order chi connectivity index (χ0) is 22.5. The molecule has 172 valence electrons. The molecule has 1 aromatic rings. The molecule has 0 aromatic heterocycles. The summed E-state index contributed by atoms with van der Waals surface area (Å²) in [5.41, 5.74) is 3.16. The molecule has 0 N–H and O–H groups in total. The van der Waals surface area contributed by atoms with Gasteiger partial charge in [-0.15, -0.1) is 0 Å². The molecule has 0 atom stereocenters. The fraction of sp³-hybridized carbons (Fsp3) is 0.480. The van der Waals surface area contributed by atoms with E-state index in [1.54, 1.807) is 4.08 Å². The van der Waals surface area contributed by atoms with Crippen LogP contribution < -0.4 is 9.47 Å². The minimum absolute atomic E-state index is 0.113. The standard InChI is InChI=1S/C25H35FINO3/c1-5-15-30-28-23(10-8-6-7-9-22-11-13-27(26)14-12-22)19-29-24-16-21(4)17-25(18-24)31-20(2)3/h6-7,11-13,16-18,20H,5,8-10,14-15,19H2,1-4H3/b7-6+,28-23-. The van der Waals surface area contributed by atoms with Gasteiger partial charge in [-0.2, -0.15) is 0 Å². The van der Waals surface area contributed by atoms with Gasteiger partial charge in [0.05, 0.1) is 6.10 Å². The number of ether oxygens (including phenoxy) is 2. The number of oxime groups is 1. The summed E-state index contributed by atoms with van der Waals surface area (Å²) >= 11 is -2.25. The molecule has 0 radical (unpaired) electrons. The van der Waals surface area contributed by atoms with Crippen LogP contribution in [0.3, 0.4) is 0 Å². The molecule has 0 amide bonds. The van der Waals surface area contributed by atoms with Crippen LogP contribution in [-0.2, 0) is 4.84 Å². The van der Waals surface area contributed by atoms with Crippen LogP contribution in [0.2, 0.25) is 0 Å². The Hall–Kier alpha value is -1.83. The van der Waals surface area contributed by atoms with Gasteiger partial charge in [0.1, 0.15) is 5.75 Å². The van der Waals surface area contributed by atoms with Crippen LogP contribution in [0.5, 0.6) is 11.5 Å². The normalized spacial score (nSPS) is 15.5. The van der Waals surface area contributed by atoms with Crippen molar-refractivity contribution in [2.75, 3.05) is 17.6 Å². The van der Waals surface area contributed by atoms with Gasteiger partial charge in [-0.1, -0.05) is 6.92 Å². The molecule has 0 spiro atoms. The van der Waals surface area contributed by atoms with E-state index in [1.807, 2.05) is 51.1 Å². The SMILES string of the molecule is CCCO/N=C(/CC/C=C/CC1=CCI(F)C=C1)COc1cc(C)cc(OC(C)C)c1. The van der Waals surface area contributed by atoms with Crippen LogP contribution in [0.4, 0.5) is 2.86 Å². The quantitative estimate of drug-likeness (QED) is 0.0646. The van der Waals surface area contributed by atoms with Gasteiger partial charge in [-0.25, -0.2) is 0 Å². The number of hydrogen-bond acceptors (Lipinski definition) is 4. The minimum atomic E-state index is -2.25. The van der Waals surface area contributed by atoms with Crippen molar-refractivity contribution in [1.82, 2.24) is 0 Å². The fourth-order valence-corrected chi connectivity index (χ4v) is 4.99. The van der Waals surface area contributed by atoms with Crippen LogP contribution in [0, 0.1) is 6.92 Å². The van der Waals surface area contributed by atoms with Gasteiger partial charge in [-0.3, -0.25) is 0 Å². The third-order valence-corrected chi connectivity index (χ3v) is 6.73. The van der Waals surface area contributed by atoms with Crippen LogP contribution in [0.15, 0.2) is 57.3 Å². The second-order valence-corrected chi connectivity index (χ2v) is 11.2. The number of allylic oxidation sites excluding steroid dienone is 5. The molecule has 0 bridgehead atoms. The van der Waals surface area contributed by atoms with Crippen molar-refractivity contribution in [3.8, 4) is 11.5 Å². The van der Waals surface area contributed by atoms with Gasteiger partial charge >= 0.3 is 120 Å². The summed E-state index contributed by atoms with van der Waals surface area (Å²) in [5, 5.41) is 4.29. The van der Waals surface area contributed by atoms with E-state index in [0.717, 1.165) is 48.5 Å². The van der Waals surface area contributed by atoms with E-state index in [9.17, 15) is 2.86 Å². The van der Waals surface area contributed by atoms with Gasteiger partial charge in [0.2, 0.25) is 0 Å². The summed E-state index contributed by atoms with van der Waals surface area (Å²) in [7, 11) is 0. The first-order valence-corrected chi connectivity index (χ1v) is 14.5. The Labute approximate surface area is 194 Å². The first kappa shape index (κ1) is 25.4. The Morgan fingerprint density at radius 3 is 2.74 bits per heavy atom. The van der Waals surface area contributed by atoms with Crippen molar-refractivity contribution < 1.29 is 17.2 Å². The molecule has 1 aromatic carbocycles. The molecule has 2 rings (SSSR count). The van der Waals surface area contributed by atoms with Gasteiger partial charge in [0.15, 0.2) is 0 Å². The first-order valence-electron chi connectivity index (χ1n) is 10.9. The van der Waals surface area contributed by atoms with Crippen molar-refractivity contribution in [1.29, 1.82) is 0 Å². The first-order chi connectivity index (χ1) is 15.0. The third kappa shape index (κ3) is 10.8. The molecular formula is C25H35FINO3. The average Bonchev–Trinajstić information content (AvgIpc) is 2.72. The topological polar surface area (TPSA) is 40.0 Å². The number of halogens is 2. The molecule has 1 aliphatic heterocycles. The second-order valence-electron chi connectivity index (χ2n) is 7.71. The van der Waals surface area contributed by atoms with E-state index in [0.29, 0.717) is 17.6 Å². The van der Waals surface area contributed by atoms with Gasteiger partial charge in [0.25, 0.3) is 0 Å². The second kappa shape index (κ2) is 14.3. The minimum Gasteiger partial charge on any atom is -0.491 e. The molecule has 4 nitrogen and oxygen atoms in total. The molecule has 1 aliphatic rings. The van der Waals surface area contributed by atoms with E-state index in [-0.39, 0.29) is 6.10 Å². The fourth-order valence-electron chi connectivity index (χ4n) is 2.86. The molecule has 1 heterocycles. The zero-order valence-electron chi connectivity index (χ0n) is 19.1. The Bertz CT molecular complexity index is 802. The Morgan fingerprint density at radius 2 is 2.03 bits per heavy atom. The number of alkyl halides is 1. The average molecular weight is 543 g/mol. The molecule has 0 saturated carbocycles. The Morgan fingerprint density at radius 1 is 1.23 bits per heavy atom. The molecule has 0 fully saturated rings. The Balaban J connectivity index is 1.87. The van der Waals surface area contributed by atoms with E-state index in [1.165, 1.54) is 5.57 Å². The maximum absolute atomic E-state index is 13.3. The summed E-state index contributed by atoms with van der Waals surface area (Å²) in [6, 6.07) is 5.91. The molecular weight excluding hydrogens is 508 g/mol. The van der Waals surface area contributed by atoms with Crippen molar-refractivity contribution in [2.24, 2.45) is 5.16 Å². The molecule has 0 saturated heterocycles. The predicted octanol–water partition coefficient (Wildman–Crippen LogP) is 7.51. The number of nitrogens with zero attached hydrogens (tertiary/aromatic N) is 1. The number of rotatable bonds is 13. The molecule has 0 aliphatic carbocycles. The summed E-state index contributed by atoms with van der Waals surface area (Å²) in [6.07, 6.45) is 11.7. The van der Waals surface area contributed by atoms with Gasteiger partial charge < -0.3 is 4.74 Å². The van der Waals surface area contributed by atoms with Crippen molar-refractivity contribution in [3.05, 3.63) is 57.7 Å². The third-order valence-electron chi connectivity index (χ3n) is 4.31. The summed E-state index contributed by atoms with van der Waals surface area (Å²) in [5.74, 6) is 1.57. The smallest absolute Gasteiger partial charge is 0.491 e. The zero-order valence-corrected chi connectivity index (χ0v) is 21.2. The summed E-state index contributed by atoms with van der Waals surface area (Å²) in [6.45, 7) is 9.06. The molecule has 6 heteroatoms. The summed E-state index contributed by atoms with van der Waals surface area (Å²) < 4.78 is 27.5. The van der Waals surface area contributed by atoms with Crippen molar-refractivity contribution in [2.45, 2.75) is 59.5 Å². The number of aryl methyl sites for hydroxylation is 1. The van der Waals surface area contributed by atoms with Crippen LogP contribution in [-0.4, -0.2) is 29.5 Å². The number of hydrogen-bond donors (Lipinski definition) is 0. The number of benzene rings is 1. The van der Waals surface area contributed by atoms with E-state index < -0.39 is 20.4 Å². The van der Waals surface area contributed by atoms with Crippen LogP contribution >= 0.6 is 20.4 Å². The molecule has 31 heavy (non-hydrogen) atoms. The summed E-state index contributed by atoms with van der Waals surface area (Å²) in [4.78, 5) is 5.41. The molecule has 0 unspecified atom stereocenters. The van der Waals surface area contributed by atoms with E-state index in [2.05, 4.69) is 24.2 Å². The van der Waals surface area contributed by atoms with Gasteiger partial charge in [-0.05, 0) is 44.9 Å². The van der Waals surface area contributed by atoms with Crippen molar-refractivity contribution in [3.63, 3.8) is 0 Å². The monoisotopic (exact) mass is 543 g/mol.